The predicted molar refractivity (Wildman–Crippen MR) is 86.6 cm³/mol. The lowest BCUT2D eigenvalue weighted by atomic mass is 10.1. The van der Waals surface area contributed by atoms with Gasteiger partial charge in [-0.05, 0) is 18.6 Å². The number of methoxy groups -OCH3 is 1. The summed E-state index contributed by atoms with van der Waals surface area (Å²) in [6.07, 6.45) is 0. The van der Waals surface area contributed by atoms with Crippen LogP contribution in [-0.4, -0.2) is 12.1 Å². The Morgan fingerprint density at radius 3 is 2.59 bits per heavy atom. The van der Waals surface area contributed by atoms with E-state index in [2.05, 4.69) is 4.98 Å². The molecule has 0 spiro atoms. The van der Waals surface area contributed by atoms with Crippen molar-refractivity contribution in [2.45, 2.75) is 13.5 Å². The maximum atomic E-state index is 12.2. The lowest BCUT2D eigenvalue weighted by Gasteiger charge is -2.12. The molecule has 1 aromatic heterocycles. The molecular formula is C18H17NO3. The number of benzene rings is 2. The zero-order valence-electron chi connectivity index (χ0n) is 12.6. The van der Waals surface area contributed by atoms with E-state index in [-0.39, 0.29) is 5.43 Å². The van der Waals surface area contributed by atoms with Gasteiger partial charge >= 0.3 is 0 Å². The maximum Gasteiger partial charge on any atom is 0.189 e. The molecule has 0 radical (unpaired) electrons. The van der Waals surface area contributed by atoms with Gasteiger partial charge in [0.05, 0.1) is 18.0 Å². The minimum absolute atomic E-state index is 0.0466. The van der Waals surface area contributed by atoms with Crippen LogP contribution in [-0.2, 0) is 6.61 Å². The van der Waals surface area contributed by atoms with Crippen LogP contribution in [0.4, 0.5) is 0 Å². The highest BCUT2D eigenvalue weighted by Gasteiger charge is 2.10. The van der Waals surface area contributed by atoms with E-state index in [1.54, 1.807) is 25.3 Å². The van der Waals surface area contributed by atoms with Gasteiger partial charge in [-0.1, -0.05) is 30.3 Å². The van der Waals surface area contributed by atoms with E-state index in [0.29, 0.717) is 29.0 Å². The summed E-state index contributed by atoms with van der Waals surface area (Å²) in [5.74, 6) is 1.21. The highest BCUT2D eigenvalue weighted by molar-refractivity contribution is 5.86. The fraction of sp³-hybridized carbons (Fsp3) is 0.167. The Labute approximate surface area is 128 Å². The molecule has 2 aromatic carbocycles. The highest BCUT2D eigenvalue weighted by atomic mass is 16.5. The van der Waals surface area contributed by atoms with E-state index in [1.165, 1.54) is 0 Å². The van der Waals surface area contributed by atoms with E-state index >= 15 is 0 Å². The summed E-state index contributed by atoms with van der Waals surface area (Å²) >= 11 is 0. The molecule has 0 unspecified atom stereocenters. The van der Waals surface area contributed by atoms with Crippen LogP contribution >= 0.6 is 0 Å². The topological polar surface area (TPSA) is 51.3 Å². The Balaban J connectivity index is 2.05. The fourth-order valence-electron chi connectivity index (χ4n) is 2.39. The first kappa shape index (κ1) is 14.2. The Morgan fingerprint density at radius 1 is 1.09 bits per heavy atom. The van der Waals surface area contributed by atoms with E-state index in [0.717, 1.165) is 11.3 Å². The average Bonchev–Trinajstić information content (AvgIpc) is 2.53. The molecule has 3 rings (SSSR count). The van der Waals surface area contributed by atoms with Crippen molar-refractivity contribution in [1.82, 2.24) is 4.98 Å². The second-order valence-electron chi connectivity index (χ2n) is 5.14. The number of ether oxygens (including phenoxy) is 2. The lowest BCUT2D eigenvalue weighted by molar-refractivity contribution is 0.307. The number of H-pyrrole nitrogens is 1. The number of hydrogen-bond acceptors (Lipinski definition) is 3. The molecule has 0 amide bonds. The molecule has 0 fully saturated rings. The first-order valence-electron chi connectivity index (χ1n) is 7.06. The zero-order valence-corrected chi connectivity index (χ0v) is 12.6. The number of rotatable bonds is 4. The normalized spacial score (nSPS) is 10.6. The van der Waals surface area contributed by atoms with E-state index < -0.39 is 0 Å². The molecule has 3 aromatic rings. The maximum absolute atomic E-state index is 12.2. The van der Waals surface area contributed by atoms with E-state index in [9.17, 15) is 4.79 Å². The summed E-state index contributed by atoms with van der Waals surface area (Å²) < 4.78 is 11.2. The van der Waals surface area contributed by atoms with Crippen molar-refractivity contribution in [3.8, 4) is 11.5 Å². The molecule has 4 heteroatoms. The summed E-state index contributed by atoms with van der Waals surface area (Å²) in [6.45, 7) is 2.28. The van der Waals surface area contributed by atoms with Crippen molar-refractivity contribution >= 4 is 10.9 Å². The molecule has 0 atom stereocenters. The quantitative estimate of drug-likeness (QED) is 0.802. The summed E-state index contributed by atoms with van der Waals surface area (Å²) in [7, 11) is 1.57. The van der Waals surface area contributed by atoms with Crippen molar-refractivity contribution in [1.29, 1.82) is 0 Å². The molecule has 1 heterocycles. The first-order valence-corrected chi connectivity index (χ1v) is 7.06. The molecular weight excluding hydrogens is 278 g/mol. The van der Waals surface area contributed by atoms with Crippen molar-refractivity contribution in [3.05, 3.63) is 70.0 Å². The Morgan fingerprint density at radius 2 is 1.86 bits per heavy atom. The minimum Gasteiger partial charge on any atom is -0.497 e. The van der Waals surface area contributed by atoms with Crippen molar-refractivity contribution in [2.24, 2.45) is 0 Å². The van der Waals surface area contributed by atoms with Crippen molar-refractivity contribution < 1.29 is 9.47 Å². The number of fused-ring (bicyclic) bond motifs is 1. The third-order valence-corrected chi connectivity index (χ3v) is 3.48. The van der Waals surface area contributed by atoms with Gasteiger partial charge in [0.15, 0.2) is 5.43 Å². The lowest BCUT2D eigenvalue weighted by Crippen LogP contribution is -2.05. The highest BCUT2D eigenvalue weighted by Crippen LogP contribution is 2.29. The Bertz CT molecular complexity index is 853. The molecule has 0 saturated carbocycles. The van der Waals surface area contributed by atoms with Gasteiger partial charge in [0.25, 0.3) is 0 Å². The van der Waals surface area contributed by atoms with Gasteiger partial charge in [-0.25, -0.2) is 0 Å². The monoisotopic (exact) mass is 295 g/mol. The second kappa shape index (κ2) is 5.93. The number of aromatic amines is 1. The predicted octanol–water partition coefficient (Wildman–Crippen LogP) is 3.42. The van der Waals surface area contributed by atoms with Crippen LogP contribution in [0.25, 0.3) is 10.9 Å². The molecule has 1 N–H and O–H groups in total. The Hall–Kier alpha value is -2.75. The van der Waals surface area contributed by atoms with Crippen LogP contribution in [0, 0.1) is 6.92 Å². The number of nitrogens with one attached hydrogen (secondary N) is 1. The number of hydrogen-bond donors (Lipinski definition) is 1. The molecule has 0 saturated heterocycles. The second-order valence-corrected chi connectivity index (χ2v) is 5.14. The van der Waals surface area contributed by atoms with Crippen LogP contribution in [0.1, 0.15) is 11.3 Å². The molecule has 0 aliphatic heterocycles. The largest absolute Gasteiger partial charge is 0.497 e. The summed E-state index contributed by atoms with van der Waals surface area (Å²) in [5, 5.41) is 0.563. The standard InChI is InChI=1S/C18H17NO3/c1-12-8-16(20)15-9-14(21-2)10-17(18(15)19-12)22-11-13-6-4-3-5-7-13/h3-10H,11H2,1-2H3,(H,19,20). The third kappa shape index (κ3) is 2.81. The van der Waals surface area contributed by atoms with Gasteiger partial charge in [0.1, 0.15) is 18.1 Å². The molecule has 4 nitrogen and oxygen atoms in total. The van der Waals surface area contributed by atoms with Crippen LogP contribution in [0.5, 0.6) is 11.5 Å². The third-order valence-electron chi connectivity index (χ3n) is 3.48. The van der Waals surface area contributed by atoms with Gasteiger partial charge in [-0.2, -0.15) is 0 Å². The van der Waals surface area contributed by atoms with Gasteiger partial charge in [-0.15, -0.1) is 0 Å². The SMILES string of the molecule is COc1cc(OCc2ccccc2)c2[nH]c(C)cc(=O)c2c1. The van der Waals surface area contributed by atoms with Gasteiger partial charge in [-0.3, -0.25) is 4.79 Å². The summed E-state index contributed by atoms with van der Waals surface area (Å²) in [4.78, 5) is 15.4. The van der Waals surface area contributed by atoms with Crippen LogP contribution in [0.2, 0.25) is 0 Å². The van der Waals surface area contributed by atoms with Crippen LogP contribution < -0.4 is 14.9 Å². The number of pyridine rings is 1. The number of aryl methyl sites for hydroxylation is 1. The molecule has 0 bridgehead atoms. The zero-order chi connectivity index (χ0) is 15.5. The number of aromatic nitrogens is 1. The summed E-state index contributed by atoms with van der Waals surface area (Å²) in [6, 6.07) is 15.0. The smallest absolute Gasteiger partial charge is 0.189 e. The Kier molecular flexibility index (Phi) is 3.83. The molecule has 0 aliphatic carbocycles. The van der Waals surface area contributed by atoms with Gasteiger partial charge in [0.2, 0.25) is 0 Å². The van der Waals surface area contributed by atoms with Crippen LogP contribution in [0.3, 0.4) is 0 Å². The van der Waals surface area contributed by atoms with Gasteiger partial charge < -0.3 is 14.5 Å². The van der Waals surface area contributed by atoms with Crippen LogP contribution in [0.15, 0.2) is 53.3 Å². The van der Waals surface area contributed by atoms with Gasteiger partial charge in [0, 0.05) is 17.8 Å². The van der Waals surface area contributed by atoms with E-state index in [4.69, 9.17) is 9.47 Å². The molecule has 22 heavy (non-hydrogen) atoms. The van der Waals surface area contributed by atoms with Crippen molar-refractivity contribution in [3.63, 3.8) is 0 Å². The average molecular weight is 295 g/mol. The molecule has 112 valence electrons. The minimum atomic E-state index is -0.0466. The first-order chi connectivity index (χ1) is 10.7. The van der Waals surface area contributed by atoms with E-state index in [1.807, 2.05) is 37.3 Å². The van der Waals surface area contributed by atoms with Crippen molar-refractivity contribution in [2.75, 3.05) is 7.11 Å². The fourth-order valence-corrected chi connectivity index (χ4v) is 2.39. The summed E-state index contributed by atoms with van der Waals surface area (Å²) in [5.41, 5.74) is 2.51. The molecule has 0 aliphatic rings.